The molecule has 0 atom stereocenters. The number of methoxy groups -OCH3 is 1. The van der Waals surface area contributed by atoms with E-state index in [-0.39, 0.29) is 5.69 Å². The van der Waals surface area contributed by atoms with Gasteiger partial charge in [-0.25, -0.2) is 9.78 Å². The summed E-state index contributed by atoms with van der Waals surface area (Å²) in [6.45, 7) is 6.34. The molecule has 1 fully saturated rings. The topological polar surface area (TPSA) is 55.3 Å². The minimum Gasteiger partial charge on any atom is -0.464 e. The number of ether oxygens (including phenoxy) is 1. The van der Waals surface area contributed by atoms with Gasteiger partial charge in [0.1, 0.15) is 5.82 Å². The zero-order valence-electron chi connectivity index (χ0n) is 10.4. The van der Waals surface area contributed by atoms with Crippen LogP contribution in [-0.2, 0) is 4.74 Å². The molecule has 0 unspecified atom stereocenters. The van der Waals surface area contributed by atoms with Gasteiger partial charge in [0, 0.05) is 13.1 Å². The third-order valence-electron chi connectivity index (χ3n) is 3.02. The summed E-state index contributed by atoms with van der Waals surface area (Å²) in [5.41, 5.74) is 0.554. The van der Waals surface area contributed by atoms with Crippen molar-refractivity contribution < 1.29 is 9.53 Å². The fraction of sp³-hybridized carbons (Fsp3) is 0.583. The van der Waals surface area contributed by atoms with Crippen LogP contribution in [0.4, 0.5) is 5.82 Å². The largest absolute Gasteiger partial charge is 0.464 e. The van der Waals surface area contributed by atoms with Crippen LogP contribution in [0.3, 0.4) is 0 Å². The van der Waals surface area contributed by atoms with Crippen LogP contribution in [0.1, 0.15) is 30.8 Å². The van der Waals surface area contributed by atoms with Crippen LogP contribution in [0.5, 0.6) is 0 Å². The fourth-order valence-electron chi connectivity index (χ4n) is 2.02. The number of esters is 1. The molecule has 2 heterocycles. The molecule has 92 valence electrons. The van der Waals surface area contributed by atoms with Crippen LogP contribution in [0.2, 0.25) is 0 Å². The molecule has 0 radical (unpaired) electrons. The first-order chi connectivity index (χ1) is 8.02. The highest BCUT2D eigenvalue weighted by atomic mass is 16.5. The number of carbonyl (C=O) groups excluding carboxylic acids is 1. The molecule has 1 aromatic heterocycles. The Balaban J connectivity index is 2.20. The number of aromatic nitrogens is 2. The Morgan fingerprint density at radius 3 is 2.82 bits per heavy atom. The Morgan fingerprint density at radius 1 is 1.47 bits per heavy atom. The second kappa shape index (κ2) is 4.31. The highest BCUT2D eigenvalue weighted by Crippen LogP contribution is 2.31. The summed E-state index contributed by atoms with van der Waals surface area (Å²) >= 11 is 0. The molecular weight excluding hydrogens is 218 g/mol. The van der Waals surface area contributed by atoms with Crippen LogP contribution < -0.4 is 4.90 Å². The van der Waals surface area contributed by atoms with Gasteiger partial charge in [0.2, 0.25) is 0 Å². The molecule has 0 bridgehead atoms. The van der Waals surface area contributed by atoms with Crippen LogP contribution in [0, 0.1) is 5.41 Å². The van der Waals surface area contributed by atoms with E-state index >= 15 is 0 Å². The standard InChI is InChI=1S/C12H17N3O2/c1-12(2)4-5-15(8-12)10-7-13-6-9(14-10)11(16)17-3/h6-7H,4-5,8H2,1-3H3. The van der Waals surface area contributed by atoms with E-state index in [1.54, 1.807) is 6.20 Å². The van der Waals surface area contributed by atoms with E-state index in [2.05, 4.69) is 33.5 Å². The molecule has 17 heavy (non-hydrogen) atoms. The molecule has 2 rings (SSSR count). The van der Waals surface area contributed by atoms with Gasteiger partial charge in [-0.05, 0) is 11.8 Å². The number of carbonyl (C=O) groups is 1. The van der Waals surface area contributed by atoms with Crippen molar-refractivity contribution in [3.8, 4) is 0 Å². The zero-order chi connectivity index (χ0) is 12.5. The Labute approximate surface area is 101 Å². The normalized spacial score (nSPS) is 18.2. The highest BCUT2D eigenvalue weighted by Gasteiger charge is 2.30. The minimum absolute atomic E-state index is 0.259. The monoisotopic (exact) mass is 235 g/mol. The Kier molecular flexibility index (Phi) is 3.00. The summed E-state index contributed by atoms with van der Waals surface area (Å²) in [7, 11) is 1.34. The van der Waals surface area contributed by atoms with E-state index in [0.717, 1.165) is 25.3 Å². The lowest BCUT2D eigenvalue weighted by molar-refractivity contribution is 0.0593. The maximum absolute atomic E-state index is 11.4. The first-order valence-corrected chi connectivity index (χ1v) is 5.67. The van der Waals surface area contributed by atoms with Gasteiger partial charge < -0.3 is 9.64 Å². The summed E-state index contributed by atoms with van der Waals surface area (Å²) in [6.07, 6.45) is 4.24. The van der Waals surface area contributed by atoms with E-state index in [0.29, 0.717) is 5.41 Å². The smallest absolute Gasteiger partial charge is 0.358 e. The molecule has 0 aromatic carbocycles. The molecule has 1 aliphatic rings. The maximum Gasteiger partial charge on any atom is 0.358 e. The van der Waals surface area contributed by atoms with Crippen molar-refractivity contribution in [1.29, 1.82) is 0 Å². The summed E-state index contributed by atoms with van der Waals surface area (Å²) in [6, 6.07) is 0. The van der Waals surface area contributed by atoms with E-state index < -0.39 is 5.97 Å². The Bertz CT molecular complexity index is 432. The highest BCUT2D eigenvalue weighted by molar-refractivity contribution is 5.87. The third-order valence-corrected chi connectivity index (χ3v) is 3.02. The molecule has 0 spiro atoms. The van der Waals surface area contributed by atoms with Crippen molar-refractivity contribution in [2.24, 2.45) is 5.41 Å². The van der Waals surface area contributed by atoms with Crippen molar-refractivity contribution in [1.82, 2.24) is 9.97 Å². The summed E-state index contributed by atoms with van der Waals surface area (Å²) < 4.78 is 4.63. The predicted octanol–water partition coefficient (Wildman–Crippen LogP) is 1.50. The van der Waals surface area contributed by atoms with Gasteiger partial charge >= 0.3 is 5.97 Å². The quantitative estimate of drug-likeness (QED) is 0.727. The average Bonchev–Trinajstić information content (AvgIpc) is 2.69. The molecule has 5 nitrogen and oxygen atoms in total. The van der Waals surface area contributed by atoms with Crippen molar-refractivity contribution >= 4 is 11.8 Å². The molecule has 1 aromatic rings. The molecule has 0 amide bonds. The molecule has 0 aliphatic carbocycles. The fourth-order valence-corrected chi connectivity index (χ4v) is 2.02. The van der Waals surface area contributed by atoms with Crippen molar-refractivity contribution in [3.63, 3.8) is 0 Å². The van der Waals surface area contributed by atoms with Gasteiger partial charge in [0.25, 0.3) is 0 Å². The number of hydrogen-bond acceptors (Lipinski definition) is 5. The average molecular weight is 235 g/mol. The van der Waals surface area contributed by atoms with Crippen LogP contribution in [-0.4, -0.2) is 36.1 Å². The first-order valence-electron chi connectivity index (χ1n) is 5.67. The van der Waals surface area contributed by atoms with E-state index in [1.807, 2.05) is 0 Å². The summed E-state index contributed by atoms with van der Waals surface area (Å²) in [4.78, 5) is 21.8. The van der Waals surface area contributed by atoms with Gasteiger partial charge in [-0.2, -0.15) is 0 Å². The molecule has 1 saturated heterocycles. The predicted molar refractivity (Wildman–Crippen MR) is 64.0 cm³/mol. The number of anilines is 1. The first kappa shape index (κ1) is 11.8. The van der Waals surface area contributed by atoms with E-state index in [4.69, 9.17) is 0 Å². The van der Waals surface area contributed by atoms with Crippen molar-refractivity contribution in [2.45, 2.75) is 20.3 Å². The van der Waals surface area contributed by atoms with E-state index in [9.17, 15) is 4.79 Å². The SMILES string of the molecule is COC(=O)c1cncc(N2CCC(C)(C)C2)n1. The maximum atomic E-state index is 11.4. The van der Waals surface area contributed by atoms with Crippen molar-refractivity contribution in [3.05, 3.63) is 18.1 Å². The molecule has 5 heteroatoms. The molecular formula is C12H17N3O2. The number of nitrogens with zero attached hydrogens (tertiary/aromatic N) is 3. The molecule has 0 saturated carbocycles. The lowest BCUT2D eigenvalue weighted by atomic mass is 9.93. The third kappa shape index (κ3) is 2.54. The zero-order valence-corrected chi connectivity index (χ0v) is 10.4. The van der Waals surface area contributed by atoms with Gasteiger partial charge in [0.15, 0.2) is 5.69 Å². The number of hydrogen-bond donors (Lipinski definition) is 0. The second-order valence-corrected chi connectivity index (χ2v) is 5.09. The van der Waals surface area contributed by atoms with Crippen molar-refractivity contribution in [2.75, 3.05) is 25.1 Å². The summed E-state index contributed by atoms with van der Waals surface area (Å²) in [5.74, 6) is 0.302. The van der Waals surface area contributed by atoms with Crippen LogP contribution in [0.15, 0.2) is 12.4 Å². The lowest BCUT2D eigenvalue weighted by Gasteiger charge is -2.20. The van der Waals surface area contributed by atoms with Gasteiger partial charge in [-0.3, -0.25) is 4.98 Å². The second-order valence-electron chi connectivity index (χ2n) is 5.09. The molecule has 0 N–H and O–H groups in total. The Hall–Kier alpha value is -1.65. The Morgan fingerprint density at radius 2 is 2.24 bits per heavy atom. The van der Waals surface area contributed by atoms with Crippen LogP contribution >= 0.6 is 0 Å². The van der Waals surface area contributed by atoms with Gasteiger partial charge in [-0.1, -0.05) is 13.8 Å². The van der Waals surface area contributed by atoms with E-state index in [1.165, 1.54) is 13.3 Å². The summed E-state index contributed by atoms with van der Waals surface area (Å²) in [5, 5.41) is 0. The number of rotatable bonds is 2. The lowest BCUT2D eigenvalue weighted by Crippen LogP contribution is -2.24. The minimum atomic E-state index is -0.446. The van der Waals surface area contributed by atoms with Crippen LogP contribution in [0.25, 0.3) is 0 Å². The van der Waals surface area contributed by atoms with Gasteiger partial charge in [-0.15, -0.1) is 0 Å². The van der Waals surface area contributed by atoms with Gasteiger partial charge in [0.05, 0.1) is 19.5 Å². The molecule has 1 aliphatic heterocycles.